The van der Waals surface area contributed by atoms with E-state index < -0.39 is 0 Å². The van der Waals surface area contributed by atoms with E-state index in [-0.39, 0.29) is 24.8 Å². The first kappa shape index (κ1) is 16.7. The number of hydrogen-bond acceptors (Lipinski definition) is 4. The van der Waals surface area contributed by atoms with Gasteiger partial charge in [0.2, 0.25) is 0 Å². The molecule has 0 bridgehead atoms. The topological polar surface area (TPSA) is 52.6 Å². The van der Waals surface area contributed by atoms with Gasteiger partial charge in [0.25, 0.3) is 0 Å². The molecular formula is C14H24O4. The minimum Gasteiger partial charge on any atom is -0.466 e. The molecule has 0 heterocycles. The number of rotatable bonds is 11. The molecule has 0 saturated heterocycles. The summed E-state index contributed by atoms with van der Waals surface area (Å²) in [6.45, 7) is 6.52. The normalized spacial score (nSPS) is 9.83. The van der Waals surface area contributed by atoms with Gasteiger partial charge in [-0.25, -0.2) is 0 Å². The zero-order valence-electron chi connectivity index (χ0n) is 11.3. The molecule has 0 rings (SSSR count). The lowest BCUT2D eigenvalue weighted by atomic mass is 10.2. The molecule has 0 spiro atoms. The molecule has 104 valence electrons. The van der Waals surface area contributed by atoms with Crippen LogP contribution in [-0.4, -0.2) is 25.2 Å². The Kier molecular flexibility index (Phi) is 11.3. The quantitative estimate of drug-likeness (QED) is 0.324. The minimum absolute atomic E-state index is 0.233. The average Bonchev–Trinajstić information content (AvgIpc) is 2.35. The van der Waals surface area contributed by atoms with Gasteiger partial charge in [0.15, 0.2) is 0 Å². The van der Waals surface area contributed by atoms with Crippen LogP contribution in [0.2, 0.25) is 0 Å². The molecule has 0 aromatic carbocycles. The summed E-state index contributed by atoms with van der Waals surface area (Å²) in [7, 11) is 0. The number of esters is 2. The third-order valence-corrected chi connectivity index (χ3v) is 2.34. The first-order valence-corrected chi connectivity index (χ1v) is 6.62. The third kappa shape index (κ3) is 11.2. The van der Waals surface area contributed by atoms with Crippen molar-refractivity contribution in [2.45, 2.75) is 51.9 Å². The van der Waals surface area contributed by atoms with Crippen LogP contribution in [-0.2, 0) is 19.1 Å². The predicted molar refractivity (Wildman–Crippen MR) is 70.1 cm³/mol. The standard InChI is InChI=1S/C14H24O4/c1-3-5-7-12-18-14(16)10-8-9-13(15)17-11-6-4-2/h3H,1,4-12H2,2H3. The van der Waals surface area contributed by atoms with Gasteiger partial charge < -0.3 is 9.47 Å². The summed E-state index contributed by atoms with van der Waals surface area (Å²) in [6, 6.07) is 0. The van der Waals surface area contributed by atoms with Crippen LogP contribution < -0.4 is 0 Å². The zero-order valence-corrected chi connectivity index (χ0v) is 11.3. The molecule has 0 saturated carbocycles. The van der Waals surface area contributed by atoms with E-state index in [1.54, 1.807) is 6.08 Å². The van der Waals surface area contributed by atoms with Crippen LogP contribution in [0, 0.1) is 0 Å². The van der Waals surface area contributed by atoms with Gasteiger partial charge in [-0.2, -0.15) is 0 Å². The predicted octanol–water partition coefficient (Wildman–Crippen LogP) is 3.01. The molecule has 4 nitrogen and oxygen atoms in total. The third-order valence-electron chi connectivity index (χ3n) is 2.34. The van der Waals surface area contributed by atoms with Crippen molar-refractivity contribution in [3.63, 3.8) is 0 Å². The van der Waals surface area contributed by atoms with Crippen molar-refractivity contribution in [3.05, 3.63) is 12.7 Å². The Hall–Kier alpha value is -1.32. The van der Waals surface area contributed by atoms with Crippen LogP contribution in [0.5, 0.6) is 0 Å². The number of hydrogen-bond donors (Lipinski definition) is 0. The highest BCUT2D eigenvalue weighted by atomic mass is 16.5. The van der Waals surface area contributed by atoms with E-state index in [1.807, 2.05) is 6.92 Å². The van der Waals surface area contributed by atoms with Gasteiger partial charge in [0, 0.05) is 12.8 Å². The van der Waals surface area contributed by atoms with Crippen molar-refractivity contribution in [2.24, 2.45) is 0 Å². The van der Waals surface area contributed by atoms with E-state index in [1.165, 1.54) is 0 Å². The maximum absolute atomic E-state index is 11.2. The number of carbonyl (C=O) groups excluding carboxylic acids is 2. The maximum Gasteiger partial charge on any atom is 0.305 e. The van der Waals surface area contributed by atoms with Crippen molar-refractivity contribution in [1.82, 2.24) is 0 Å². The molecule has 0 unspecified atom stereocenters. The second-order valence-electron chi connectivity index (χ2n) is 4.08. The molecule has 0 radical (unpaired) electrons. The smallest absolute Gasteiger partial charge is 0.305 e. The fraction of sp³-hybridized carbons (Fsp3) is 0.714. The summed E-state index contributed by atoms with van der Waals surface area (Å²) in [5, 5.41) is 0. The van der Waals surface area contributed by atoms with Gasteiger partial charge in [-0.05, 0) is 25.7 Å². The minimum atomic E-state index is -0.250. The van der Waals surface area contributed by atoms with E-state index in [4.69, 9.17) is 9.47 Å². The van der Waals surface area contributed by atoms with Crippen LogP contribution in [0.4, 0.5) is 0 Å². The van der Waals surface area contributed by atoms with Crippen molar-refractivity contribution < 1.29 is 19.1 Å². The summed E-state index contributed by atoms with van der Waals surface area (Å²) in [6.07, 6.45) is 6.38. The van der Waals surface area contributed by atoms with Crippen LogP contribution in [0.15, 0.2) is 12.7 Å². The van der Waals surface area contributed by atoms with E-state index in [0.29, 0.717) is 19.6 Å². The van der Waals surface area contributed by atoms with E-state index >= 15 is 0 Å². The highest BCUT2D eigenvalue weighted by Gasteiger charge is 2.06. The molecular weight excluding hydrogens is 232 g/mol. The fourth-order valence-electron chi connectivity index (χ4n) is 1.27. The molecule has 0 fully saturated rings. The molecule has 0 aliphatic carbocycles. The molecule has 0 aromatic heterocycles. The van der Waals surface area contributed by atoms with Gasteiger partial charge in [-0.15, -0.1) is 6.58 Å². The van der Waals surface area contributed by atoms with Crippen molar-refractivity contribution in [1.29, 1.82) is 0 Å². The lowest BCUT2D eigenvalue weighted by Crippen LogP contribution is -2.09. The van der Waals surface area contributed by atoms with Crippen LogP contribution >= 0.6 is 0 Å². The molecule has 0 aliphatic rings. The molecule has 4 heteroatoms. The Labute approximate surface area is 109 Å². The van der Waals surface area contributed by atoms with Crippen LogP contribution in [0.3, 0.4) is 0 Å². The summed E-state index contributed by atoms with van der Waals surface area (Å²) >= 11 is 0. The zero-order chi connectivity index (χ0) is 13.6. The summed E-state index contributed by atoms with van der Waals surface area (Å²) in [5.41, 5.74) is 0. The Morgan fingerprint density at radius 2 is 1.56 bits per heavy atom. The van der Waals surface area contributed by atoms with Crippen LogP contribution in [0.1, 0.15) is 51.9 Å². The summed E-state index contributed by atoms with van der Waals surface area (Å²) in [4.78, 5) is 22.5. The number of carbonyl (C=O) groups is 2. The number of unbranched alkanes of at least 4 members (excludes halogenated alkanes) is 2. The Balaban J connectivity index is 3.38. The van der Waals surface area contributed by atoms with Gasteiger partial charge >= 0.3 is 11.9 Å². The SMILES string of the molecule is C=CCCCOC(=O)CCCC(=O)OCCCC. The highest BCUT2D eigenvalue weighted by Crippen LogP contribution is 2.02. The first-order valence-electron chi connectivity index (χ1n) is 6.62. The Morgan fingerprint density at radius 1 is 1.00 bits per heavy atom. The lowest BCUT2D eigenvalue weighted by Gasteiger charge is -2.04. The molecule has 0 amide bonds. The van der Waals surface area contributed by atoms with Gasteiger partial charge in [-0.1, -0.05) is 19.4 Å². The summed E-state index contributed by atoms with van der Waals surface area (Å²) < 4.78 is 9.96. The van der Waals surface area contributed by atoms with Gasteiger partial charge in [0.1, 0.15) is 0 Å². The highest BCUT2D eigenvalue weighted by molar-refractivity contribution is 5.72. The maximum atomic E-state index is 11.2. The van der Waals surface area contributed by atoms with Gasteiger partial charge in [-0.3, -0.25) is 9.59 Å². The van der Waals surface area contributed by atoms with E-state index in [9.17, 15) is 9.59 Å². The molecule has 0 aromatic rings. The van der Waals surface area contributed by atoms with Gasteiger partial charge in [0.05, 0.1) is 13.2 Å². The van der Waals surface area contributed by atoms with Crippen LogP contribution in [0.25, 0.3) is 0 Å². The Morgan fingerprint density at radius 3 is 2.06 bits per heavy atom. The Bertz CT molecular complexity index is 248. The lowest BCUT2D eigenvalue weighted by molar-refractivity contribution is -0.145. The average molecular weight is 256 g/mol. The van der Waals surface area contributed by atoms with Crippen molar-refractivity contribution in [2.75, 3.05) is 13.2 Å². The molecule has 0 aliphatic heterocycles. The molecule has 0 N–H and O–H groups in total. The summed E-state index contributed by atoms with van der Waals surface area (Å²) in [5.74, 6) is -0.483. The largest absolute Gasteiger partial charge is 0.466 e. The van der Waals surface area contributed by atoms with Crippen molar-refractivity contribution in [3.8, 4) is 0 Å². The fourth-order valence-corrected chi connectivity index (χ4v) is 1.27. The second kappa shape index (κ2) is 12.1. The van der Waals surface area contributed by atoms with Crippen molar-refractivity contribution >= 4 is 11.9 Å². The first-order chi connectivity index (χ1) is 8.70. The molecule has 0 atom stereocenters. The second-order valence-corrected chi connectivity index (χ2v) is 4.08. The van der Waals surface area contributed by atoms with E-state index in [2.05, 4.69) is 6.58 Å². The number of ether oxygens (including phenoxy) is 2. The van der Waals surface area contributed by atoms with E-state index in [0.717, 1.165) is 25.7 Å². The molecule has 18 heavy (non-hydrogen) atoms. The number of allylic oxidation sites excluding steroid dienone is 1. The monoisotopic (exact) mass is 256 g/mol.